The third-order valence-corrected chi connectivity index (χ3v) is 7.18. The Hall–Kier alpha value is -3.00. The van der Waals surface area contributed by atoms with Gasteiger partial charge in [0.1, 0.15) is 5.75 Å². The number of ether oxygens (including phenoxy) is 1. The smallest absolute Gasteiger partial charge is 0.261 e. The normalized spacial score (nSPS) is 14.4. The number of benzene rings is 1. The van der Waals surface area contributed by atoms with Gasteiger partial charge in [-0.3, -0.25) is 14.6 Å². The molecular formula is C25H28FN3O3S. The zero-order valence-electron chi connectivity index (χ0n) is 18.5. The first-order valence-corrected chi connectivity index (χ1v) is 12.2. The zero-order valence-corrected chi connectivity index (χ0v) is 19.3. The molecule has 0 saturated carbocycles. The number of pyridine rings is 1. The van der Waals surface area contributed by atoms with Gasteiger partial charge in [0.15, 0.2) is 0 Å². The van der Waals surface area contributed by atoms with Crippen LogP contribution in [0.3, 0.4) is 0 Å². The lowest BCUT2D eigenvalue weighted by atomic mass is 9.91. The highest BCUT2D eigenvalue weighted by Gasteiger charge is 2.25. The predicted molar refractivity (Wildman–Crippen MR) is 127 cm³/mol. The first-order valence-electron chi connectivity index (χ1n) is 11.3. The van der Waals surface area contributed by atoms with Crippen LogP contribution in [-0.2, 0) is 0 Å². The number of hydrogen-bond acceptors (Lipinski definition) is 5. The first-order chi connectivity index (χ1) is 16.2. The van der Waals surface area contributed by atoms with E-state index >= 15 is 0 Å². The van der Waals surface area contributed by atoms with Crippen LogP contribution in [0.2, 0.25) is 0 Å². The number of nitrogens with zero attached hydrogens (tertiary/aromatic N) is 2. The number of amides is 2. The molecule has 1 aliphatic rings. The lowest BCUT2D eigenvalue weighted by Crippen LogP contribution is -2.38. The van der Waals surface area contributed by atoms with Crippen LogP contribution in [0.5, 0.6) is 5.75 Å². The molecule has 3 aromatic rings. The van der Waals surface area contributed by atoms with Gasteiger partial charge in [-0.1, -0.05) is 25.0 Å². The molecule has 1 aliphatic heterocycles. The fourth-order valence-corrected chi connectivity index (χ4v) is 5.21. The number of rotatable bonds is 9. The number of halogens is 1. The maximum atomic E-state index is 12.8. The minimum absolute atomic E-state index is 0.0277. The van der Waals surface area contributed by atoms with Crippen molar-refractivity contribution in [3.05, 3.63) is 59.2 Å². The summed E-state index contributed by atoms with van der Waals surface area (Å²) in [5.41, 5.74) is 0.416. The van der Waals surface area contributed by atoms with Crippen LogP contribution in [0, 0.1) is 5.92 Å². The Bertz CT molecular complexity index is 1060. The minimum Gasteiger partial charge on any atom is -0.462 e. The lowest BCUT2D eigenvalue weighted by Gasteiger charge is -2.32. The monoisotopic (exact) mass is 469 g/mol. The number of thiophene rings is 1. The molecule has 0 radical (unpaired) electrons. The van der Waals surface area contributed by atoms with E-state index in [-0.39, 0.29) is 11.8 Å². The molecule has 0 atom stereocenters. The van der Waals surface area contributed by atoms with Crippen molar-refractivity contribution in [3.63, 3.8) is 0 Å². The fourth-order valence-electron chi connectivity index (χ4n) is 4.27. The van der Waals surface area contributed by atoms with Crippen LogP contribution in [0.15, 0.2) is 48.8 Å². The predicted octanol–water partition coefficient (Wildman–Crippen LogP) is 5.05. The number of piperidine rings is 1. The van der Waals surface area contributed by atoms with Gasteiger partial charge in [-0.25, -0.2) is 4.39 Å². The zero-order chi connectivity index (χ0) is 23.0. The van der Waals surface area contributed by atoms with Gasteiger partial charge >= 0.3 is 0 Å². The van der Waals surface area contributed by atoms with Gasteiger partial charge in [0.2, 0.25) is 6.86 Å². The quantitative estimate of drug-likeness (QED) is 0.445. The summed E-state index contributed by atoms with van der Waals surface area (Å²) in [5, 5.41) is 4.06. The second-order valence-corrected chi connectivity index (χ2v) is 9.34. The average Bonchev–Trinajstić information content (AvgIpc) is 3.29. The number of carbonyl (C=O) groups is 2. The standard InChI is InChI=1S/C25H28FN3O3S/c26-17-32-21-7-2-1-6-20(21)25(31)29-13-9-18(10-14-29)5-3-4-11-28-24(30)22-15-19-8-12-27-16-23(19)33-22/h1-2,6-8,12,15-16,18H,3-5,9-11,13-14,17H2,(H,28,30). The Kier molecular flexibility index (Phi) is 7.88. The van der Waals surface area contributed by atoms with E-state index in [0.717, 1.165) is 42.2 Å². The molecule has 6 nitrogen and oxygen atoms in total. The van der Waals surface area contributed by atoms with Gasteiger partial charge < -0.3 is 15.0 Å². The van der Waals surface area contributed by atoms with Crippen LogP contribution in [0.4, 0.5) is 4.39 Å². The number of alkyl halides is 1. The third-order valence-electron chi connectivity index (χ3n) is 6.10. The number of unbranched alkanes of at least 4 members (excludes halogenated alkanes) is 1. The second kappa shape index (κ2) is 11.2. The number of likely N-dealkylation sites (tertiary alicyclic amines) is 1. The van der Waals surface area contributed by atoms with E-state index in [0.29, 0.717) is 41.7 Å². The number of fused-ring (bicyclic) bond motifs is 1. The van der Waals surface area contributed by atoms with Gasteiger partial charge in [-0.05, 0) is 54.8 Å². The summed E-state index contributed by atoms with van der Waals surface area (Å²) in [7, 11) is 0. The van der Waals surface area contributed by atoms with Crippen LogP contribution in [0.25, 0.3) is 10.1 Å². The lowest BCUT2D eigenvalue weighted by molar-refractivity contribution is 0.0678. The van der Waals surface area contributed by atoms with Crippen molar-refractivity contribution in [3.8, 4) is 5.75 Å². The van der Waals surface area contributed by atoms with E-state index in [1.165, 1.54) is 11.3 Å². The van der Waals surface area contributed by atoms with Crippen molar-refractivity contribution >= 4 is 33.2 Å². The molecule has 3 heterocycles. The summed E-state index contributed by atoms with van der Waals surface area (Å²) in [6, 6.07) is 10.6. The topological polar surface area (TPSA) is 71.5 Å². The van der Waals surface area contributed by atoms with E-state index in [1.807, 2.05) is 17.0 Å². The largest absolute Gasteiger partial charge is 0.462 e. The second-order valence-electron chi connectivity index (χ2n) is 8.26. The number of carbonyl (C=O) groups excluding carboxylic acids is 2. The summed E-state index contributed by atoms with van der Waals surface area (Å²) in [5.74, 6) is 0.746. The molecule has 0 unspecified atom stereocenters. The van der Waals surface area contributed by atoms with Crippen LogP contribution >= 0.6 is 11.3 Å². The molecular weight excluding hydrogens is 441 g/mol. The SMILES string of the molecule is O=C(NCCCCC1CCN(C(=O)c2ccccc2OCF)CC1)c1cc2ccncc2s1. The highest BCUT2D eigenvalue weighted by Crippen LogP contribution is 2.27. The summed E-state index contributed by atoms with van der Waals surface area (Å²) in [6.07, 6.45) is 8.51. The molecule has 1 aromatic carbocycles. The van der Waals surface area contributed by atoms with Gasteiger partial charge in [-0.2, -0.15) is 0 Å². The Morgan fingerprint density at radius 3 is 2.79 bits per heavy atom. The molecule has 8 heteroatoms. The molecule has 174 valence electrons. The van der Waals surface area contributed by atoms with E-state index < -0.39 is 6.86 Å². The molecule has 0 bridgehead atoms. The molecule has 0 aliphatic carbocycles. The maximum Gasteiger partial charge on any atom is 0.261 e. The van der Waals surface area contributed by atoms with Crippen LogP contribution in [-0.4, -0.2) is 48.2 Å². The Morgan fingerprint density at radius 2 is 2.00 bits per heavy atom. The van der Waals surface area contributed by atoms with Crippen molar-refractivity contribution in [2.45, 2.75) is 32.1 Å². The highest BCUT2D eigenvalue weighted by atomic mass is 32.1. The molecule has 4 rings (SSSR count). The molecule has 2 amide bonds. The maximum absolute atomic E-state index is 12.8. The summed E-state index contributed by atoms with van der Waals surface area (Å²) in [6.45, 7) is 1.11. The Morgan fingerprint density at radius 1 is 1.18 bits per heavy atom. The summed E-state index contributed by atoms with van der Waals surface area (Å²) in [4.78, 5) is 31.8. The van der Waals surface area contributed by atoms with Crippen molar-refractivity contribution in [1.82, 2.24) is 15.2 Å². The van der Waals surface area contributed by atoms with Crippen LogP contribution in [0.1, 0.15) is 52.1 Å². The van der Waals surface area contributed by atoms with Crippen molar-refractivity contribution in [2.75, 3.05) is 26.5 Å². The van der Waals surface area contributed by atoms with Crippen molar-refractivity contribution < 1.29 is 18.7 Å². The molecule has 1 saturated heterocycles. The minimum atomic E-state index is -0.950. The van der Waals surface area contributed by atoms with E-state index in [9.17, 15) is 14.0 Å². The van der Waals surface area contributed by atoms with E-state index in [2.05, 4.69) is 10.3 Å². The molecule has 33 heavy (non-hydrogen) atoms. The number of para-hydroxylation sites is 1. The summed E-state index contributed by atoms with van der Waals surface area (Å²) >= 11 is 1.46. The number of nitrogens with one attached hydrogen (secondary N) is 1. The highest BCUT2D eigenvalue weighted by molar-refractivity contribution is 7.20. The Balaban J connectivity index is 1.15. The molecule has 2 aromatic heterocycles. The third kappa shape index (κ3) is 5.87. The summed E-state index contributed by atoms with van der Waals surface area (Å²) < 4.78 is 18.6. The van der Waals surface area contributed by atoms with Gasteiger partial charge in [-0.15, -0.1) is 11.3 Å². The van der Waals surface area contributed by atoms with Gasteiger partial charge in [0.05, 0.1) is 15.1 Å². The Labute approximate surface area is 196 Å². The number of hydrogen-bond donors (Lipinski definition) is 1. The van der Waals surface area contributed by atoms with Crippen molar-refractivity contribution in [2.24, 2.45) is 5.92 Å². The van der Waals surface area contributed by atoms with E-state index in [1.54, 1.807) is 36.7 Å². The number of aromatic nitrogens is 1. The van der Waals surface area contributed by atoms with Gasteiger partial charge in [0.25, 0.3) is 11.8 Å². The molecule has 1 fully saturated rings. The molecule has 1 N–H and O–H groups in total. The van der Waals surface area contributed by atoms with Crippen molar-refractivity contribution in [1.29, 1.82) is 0 Å². The van der Waals surface area contributed by atoms with Gasteiger partial charge in [0, 0.05) is 32.0 Å². The van der Waals surface area contributed by atoms with Crippen LogP contribution < -0.4 is 10.1 Å². The van der Waals surface area contributed by atoms with E-state index in [4.69, 9.17) is 4.74 Å². The molecule has 0 spiro atoms. The fraction of sp³-hybridized carbons (Fsp3) is 0.400. The first kappa shape index (κ1) is 23.2. The average molecular weight is 470 g/mol.